The predicted molar refractivity (Wildman–Crippen MR) is 73.0 cm³/mol. The van der Waals surface area contributed by atoms with Crippen molar-refractivity contribution in [3.63, 3.8) is 0 Å². The van der Waals surface area contributed by atoms with Gasteiger partial charge in [-0.25, -0.2) is 4.79 Å². The third-order valence-electron chi connectivity index (χ3n) is 2.81. The second kappa shape index (κ2) is 8.29. The number of rotatable bonds is 8. The van der Waals surface area contributed by atoms with Crippen LogP contribution in [-0.2, 0) is 4.79 Å². The molecule has 0 unspecified atom stereocenters. The molecule has 0 aliphatic rings. The molecule has 0 saturated heterocycles. The van der Waals surface area contributed by atoms with Crippen LogP contribution in [0, 0.1) is 13.8 Å². The van der Waals surface area contributed by atoms with Gasteiger partial charge in [-0.1, -0.05) is 12.8 Å². The Balaban J connectivity index is 2.11. The van der Waals surface area contributed by atoms with Crippen molar-refractivity contribution in [2.75, 3.05) is 13.1 Å². The van der Waals surface area contributed by atoms with Crippen molar-refractivity contribution in [1.29, 1.82) is 0 Å². The Bertz CT molecular complexity index is 415. The van der Waals surface area contributed by atoms with Crippen molar-refractivity contribution in [3.8, 4) is 0 Å². The molecule has 19 heavy (non-hydrogen) atoms. The van der Waals surface area contributed by atoms with E-state index in [1.807, 2.05) is 19.9 Å². The molecule has 0 saturated carbocycles. The van der Waals surface area contributed by atoms with E-state index >= 15 is 0 Å². The molecule has 0 aliphatic heterocycles. The zero-order valence-corrected chi connectivity index (χ0v) is 11.6. The molecule has 1 rings (SSSR count). The van der Waals surface area contributed by atoms with E-state index in [9.17, 15) is 9.59 Å². The van der Waals surface area contributed by atoms with Crippen LogP contribution in [0.3, 0.4) is 0 Å². The molecule has 0 spiro atoms. The number of carbonyl (C=O) groups excluding carboxylic acids is 2. The molecule has 0 atom stereocenters. The van der Waals surface area contributed by atoms with Crippen molar-refractivity contribution < 1.29 is 9.59 Å². The van der Waals surface area contributed by atoms with Crippen molar-refractivity contribution in [2.45, 2.75) is 39.5 Å². The summed E-state index contributed by atoms with van der Waals surface area (Å²) < 4.78 is 1.39. The van der Waals surface area contributed by atoms with E-state index in [2.05, 4.69) is 15.7 Å². The fourth-order valence-corrected chi connectivity index (χ4v) is 1.87. The van der Waals surface area contributed by atoms with Crippen molar-refractivity contribution in [2.24, 2.45) is 0 Å². The van der Waals surface area contributed by atoms with Gasteiger partial charge in [-0.2, -0.15) is 9.78 Å². The standard InChI is InChI=1S/C13H22N4O2/c1-11-9-12(2)17(16-11)13(19)15-8-6-4-3-5-7-14-10-18/h9-10H,3-8H2,1-2H3,(H,14,18)(H,15,19). The van der Waals surface area contributed by atoms with Gasteiger partial charge in [0.15, 0.2) is 0 Å². The summed E-state index contributed by atoms with van der Waals surface area (Å²) in [6.07, 6.45) is 4.72. The van der Waals surface area contributed by atoms with Crippen molar-refractivity contribution in [1.82, 2.24) is 20.4 Å². The van der Waals surface area contributed by atoms with E-state index in [1.54, 1.807) is 0 Å². The highest BCUT2D eigenvalue weighted by Gasteiger charge is 2.08. The maximum Gasteiger partial charge on any atom is 0.342 e. The molecule has 1 aromatic rings. The summed E-state index contributed by atoms with van der Waals surface area (Å²) in [5.74, 6) is 0. The fraction of sp³-hybridized carbons (Fsp3) is 0.615. The Morgan fingerprint density at radius 2 is 1.95 bits per heavy atom. The fourth-order valence-electron chi connectivity index (χ4n) is 1.87. The number of nitrogens with one attached hydrogen (secondary N) is 2. The Labute approximate surface area is 113 Å². The average molecular weight is 266 g/mol. The van der Waals surface area contributed by atoms with Gasteiger partial charge in [0.1, 0.15) is 0 Å². The van der Waals surface area contributed by atoms with Gasteiger partial charge < -0.3 is 10.6 Å². The first-order valence-electron chi connectivity index (χ1n) is 6.63. The van der Waals surface area contributed by atoms with E-state index in [0.29, 0.717) is 13.0 Å². The number of nitrogens with zero attached hydrogens (tertiary/aromatic N) is 2. The third kappa shape index (κ3) is 5.54. The molecule has 6 heteroatoms. The molecule has 2 N–H and O–H groups in total. The van der Waals surface area contributed by atoms with E-state index in [4.69, 9.17) is 0 Å². The molecule has 0 bridgehead atoms. The third-order valence-corrected chi connectivity index (χ3v) is 2.81. The van der Waals surface area contributed by atoms with Crippen molar-refractivity contribution >= 4 is 12.4 Å². The van der Waals surface area contributed by atoms with Gasteiger partial charge in [0.05, 0.1) is 5.69 Å². The summed E-state index contributed by atoms with van der Waals surface area (Å²) in [6, 6.07) is 1.70. The second-order valence-electron chi connectivity index (χ2n) is 4.56. The molecule has 0 radical (unpaired) electrons. The number of aryl methyl sites for hydroxylation is 2. The minimum absolute atomic E-state index is 0.173. The Kier molecular flexibility index (Phi) is 6.63. The lowest BCUT2D eigenvalue weighted by atomic mass is 10.2. The number of hydrogen-bond donors (Lipinski definition) is 2. The first-order chi connectivity index (χ1) is 9.15. The summed E-state index contributed by atoms with van der Waals surface area (Å²) in [6.45, 7) is 5.10. The first kappa shape index (κ1) is 15.2. The number of unbranched alkanes of at least 4 members (excludes halogenated alkanes) is 3. The number of carbonyl (C=O) groups is 2. The summed E-state index contributed by atoms with van der Waals surface area (Å²) in [4.78, 5) is 21.8. The van der Waals surface area contributed by atoms with Gasteiger partial charge in [0, 0.05) is 18.8 Å². The largest absolute Gasteiger partial charge is 0.359 e. The smallest absolute Gasteiger partial charge is 0.342 e. The van der Waals surface area contributed by atoms with Crippen LogP contribution < -0.4 is 10.6 Å². The minimum atomic E-state index is -0.173. The highest BCUT2D eigenvalue weighted by atomic mass is 16.2. The van der Waals surface area contributed by atoms with Crippen LogP contribution in [0.1, 0.15) is 37.1 Å². The van der Waals surface area contributed by atoms with Gasteiger partial charge in [-0.15, -0.1) is 0 Å². The minimum Gasteiger partial charge on any atom is -0.359 e. The second-order valence-corrected chi connectivity index (χ2v) is 4.56. The van der Waals surface area contributed by atoms with Crippen LogP contribution in [0.4, 0.5) is 4.79 Å². The summed E-state index contributed by atoms with van der Waals surface area (Å²) in [5, 5.41) is 9.59. The molecule has 0 fully saturated rings. The Hall–Kier alpha value is -1.85. The van der Waals surface area contributed by atoms with Crippen LogP contribution in [0.5, 0.6) is 0 Å². The summed E-state index contributed by atoms with van der Waals surface area (Å²) in [7, 11) is 0. The van der Waals surface area contributed by atoms with E-state index in [-0.39, 0.29) is 6.03 Å². The summed E-state index contributed by atoms with van der Waals surface area (Å²) in [5.41, 5.74) is 1.69. The van der Waals surface area contributed by atoms with E-state index in [0.717, 1.165) is 43.6 Å². The zero-order chi connectivity index (χ0) is 14.1. The predicted octanol–water partition coefficient (Wildman–Crippen LogP) is 1.36. The number of aromatic nitrogens is 2. The van der Waals surface area contributed by atoms with Gasteiger partial charge in [0.25, 0.3) is 0 Å². The summed E-state index contributed by atoms with van der Waals surface area (Å²) >= 11 is 0. The SMILES string of the molecule is Cc1cc(C)n(C(=O)NCCCCCCNC=O)n1. The number of hydrogen-bond acceptors (Lipinski definition) is 3. The molecular weight excluding hydrogens is 244 g/mol. The van der Waals surface area contributed by atoms with Crippen LogP contribution >= 0.6 is 0 Å². The monoisotopic (exact) mass is 266 g/mol. The quantitative estimate of drug-likeness (QED) is 0.551. The molecule has 0 aliphatic carbocycles. The van der Waals surface area contributed by atoms with Crippen molar-refractivity contribution in [3.05, 3.63) is 17.5 Å². The highest BCUT2D eigenvalue weighted by molar-refractivity contribution is 5.76. The van der Waals surface area contributed by atoms with Gasteiger partial charge in [-0.3, -0.25) is 4.79 Å². The molecule has 1 heterocycles. The maximum atomic E-state index is 11.8. The molecule has 0 aromatic carbocycles. The average Bonchev–Trinajstić information content (AvgIpc) is 2.71. The number of amides is 2. The normalized spacial score (nSPS) is 10.2. The molecule has 2 amide bonds. The maximum absolute atomic E-state index is 11.8. The lowest BCUT2D eigenvalue weighted by molar-refractivity contribution is -0.109. The zero-order valence-electron chi connectivity index (χ0n) is 11.6. The molecular formula is C13H22N4O2. The van der Waals surface area contributed by atoms with Gasteiger partial charge >= 0.3 is 6.03 Å². The van der Waals surface area contributed by atoms with Crippen LogP contribution in [0.15, 0.2) is 6.07 Å². The van der Waals surface area contributed by atoms with Crippen LogP contribution in [-0.4, -0.2) is 35.3 Å². The highest BCUT2D eigenvalue weighted by Crippen LogP contribution is 2.01. The molecule has 1 aromatic heterocycles. The van der Waals surface area contributed by atoms with Crippen LogP contribution in [0.2, 0.25) is 0 Å². The lowest BCUT2D eigenvalue weighted by Gasteiger charge is -2.06. The molecule has 106 valence electrons. The first-order valence-corrected chi connectivity index (χ1v) is 6.63. The van der Waals surface area contributed by atoms with Gasteiger partial charge in [-0.05, 0) is 32.8 Å². The molecule has 6 nitrogen and oxygen atoms in total. The van der Waals surface area contributed by atoms with E-state index < -0.39 is 0 Å². The Morgan fingerprint density at radius 1 is 1.26 bits per heavy atom. The van der Waals surface area contributed by atoms with Crippen LogP contribution in [0.25, 0.3) is 0 Å². The Morgan fingerprint density at radius 3 is 2.53 bits per heavy atom. The van der Waals surface area contributed by atoms with E-state index in [1.165, 1.54) is 4.68 Å². The topological polar surface area (TPSA) is 76.0 Å². The van der Waals surface area contributed by atoms with Gasteiger partial charge in [0.2, 0.25) is 6.41 Å². The lowest BCUT2D eigenvalue weighted by Crippen LogP contribution is -2.30.